The van der Waals surface area contributed by atoms with Gasteiger partial charge in [-0.3, -0.25) is 0 Å². The summed E-state index contributed by atoms with van der Waals surface area (Å²) >= 11 is 0. The first-order chi connectivity index (χ1) is 9.02. The van der Waals surface area contributed by atoms with E-state index in [1.165, 1.54) is 7.11 Å². The smallest absolute Gasteiger partial charge is 0.134 e. The molecular weight excluding hydrogens is 255 g/mol. The van der Waals surface area contributed by atoms with Gasteiger partial charge in [0.15, 0.2) is 0 Å². The molecule has 0 aromatic heterocycles. The summed E-state index contributed by atoms with van der Waals surface area (Å²) in [7, 11) is 1.48. The van der Waals surface area contributed by atoms with Crippen LogP contribution in [-0.4, -0.2) is 7.11 Å². The van der Waals surface area contributed by atoms with E-state index < -0.39 is 23.5 Å². The molecule has 0 spiro atoms. The fraction of sp³-hybridized carbons (Fsp3) is 0.143. The van der Waals surface area contributed by atoms with Gasteiger partial charge in [0.2, 0.25) is 0 Å². The Bertz CT molecular complexity index is 578. The summed E-state index contributed by atoms with van der Waals surface area (Å²) in [5.74, 6) is -2.46. The molecule has 0 radical (unpaired) electrons. The average molecular weight is 267 g/mol. The second-order valence-corrected chi connectivity index (χ2v) is 4.04. The topological polar surface area (TPSA) is 35.2 Å². The van der Waals surface area contributed by atoms with Crippen molar-refractivity contribution in [1.82, 2.24) is 0 Å². The average Bonchev–Trinajstić information content (AvgIpc) is 2.37. The van der Waals surface area contributed by atoms with Gasteiger partial charge in [-0.25, -0.2) is 13.2 Å². The summed E-state index contributed by atoms with van der Waals surface area (Å²) in [5.41, 5.74) is 5.94. The molecule has 1 unspecified atom stereocenters. The Hall–Kier alpha value is -2.01. The fourth-order valence-electron chi connectivity index (χ4n) is 1.85. The second-order valence-electron chi connectivity index (χ2n) is 4.04. The van der Waals surface area contributed by atoms with Gasteiger partial charge in [-0.2, -0.15) is 0 Å². The van der Waals surface area contributed by atoms with E-state index in [1.54, 1.807) is 24.3 Å². The molecule has 2 aromatic rings. The Morgan fingerprint density at radius 3 is 2.26 bits per heavy atom. The third-order valence-corrected chi connectivity index (χ3v) is 2.81. The summed E-state index contributed by atoms with van der Waals surface area (Å²) in [6.45, 7) is 0. The maximum atomic E-state index is 13.6. The summed E-state index contributed by atoms with van der Waals surface area (Å²) in [4.78, 5) is 0. The molecule has 0 heterocycles. The Balaban J connectivity index is 2.46. The second kappa shape index (κ2) is 5.32. The van der Waals surface area contributed by atoms with E-state index in [9.17, 15) is 13.2 Å². The van der Waals surface area contributed by atoms with Gasteiger partial charge < -0.3 is 10.5 Å². The summed E-state index contributed by atoms with van der Waals surface area (Å²) < 4.78 is 45.1. The van der Waals surface area contributed by atoms with Crippen LogP contribution in [0.25, 0.3) is 0 Å². The van der Waals surface area contributed by atoms with E-state index in [4.69, 9.17) is 10.5 Å². The Labute approximate surface area is 108 Å². The van der Waals surface area contributed by atoms with Crippen molar-refractivity contribution in [2.45, 2.75) is 6.04 Å². The van der Waals surface area contributed by atoms with E-state index >= 15 is 0 Å². The molecule has 1 atom stereocenters. The SMILES string of the molecule is COc1cccc(C(N)c2c(F)cc(F)cc2F)c1. The minimum Gasteiger partial charge on any atom is -0.497 e. The molecule has 2 aromatic carbocycles. The third kappa shape index (κ3) is 2.71. The molecule has 2 rings (SSSR count). The first-order valence-corrected chi connectivity index (χ1v) is 5.57. The van der Waals surface area contributed by atoms with Crippen molar-refractivity contribution in [2.24, 2.45) is 5.73 Å². The number of halogens is 3. The molecule has 0 amide bonds. The standard InChI is InChI=1S/C14H12F3NO/c1-19-10-4-2-3-8(5-10)14(18)13-11(16)6-9(15)7-12(13)17/h2-7,14H,18H2,1H3. The molecule has 0 aliphatic rings. The highest BCUT2D eigenvalue weighted by Crippen LogP contribution is 2.27. The van der Waals surface area contributed by atoms with Crippen molar-refractivity contribution >= 4 is 0 Å². The number of rotatable bonds is 3. The summed E-state index contributed by atoms with van der Waals surface area (Å²) in [6.07, 6.45) is 0. The van der Waals surface area contributed by atoms with Crippen LogP contribution in [-0.2, 0) is 0 Å². The predicted octanol–water partition coefficient (Wildman–Crippen LogP) is 3.16. The van der Waals surface area contributed by atoms with Gasteiger partial charge in [-0.15, -0.1) is 0 Å². The van der Waals surface area contributed by atoms with Gasteiger partial charge >= 0.3 is 0 Å². The molecule has 0 aliphatic heterocycles. The van der Waals surface area contributed by atoms with Crippen LogP contribution in [0.2, 0.25) is 0 Å². The zero-order chi connectivity index (χ0) is 14.0. The van der Waals surface area contributed by atoms with E-state index in [2.05, 4.69) is 0 Å². The Kier molecular flexibility index (Phi) is 3.76. The minimum atomic E-state index is -1.03. The quantitative estimate of drug-likeness (QED) is 0.927. The lowest BCUT2D eigenvalue weighted by atomic mass is 9.98. The summed E-state index contributed by atoms with van der Waals surface area (Å²) in [6, 6.07) is 6.73. The lowest BCUT2D eigenvalue weighted by Gasteiger charge is -2.15. The van der Waals surface area contributed by atoms with Crippen molar-refractivity contribution < 1.29 is 17.9 Å². The van der Waals surface area contributed by atoms with Gasteiger partial charge in [0.25, 0.3) is 0 Å². The van der Waals surface area contributed by atoms with Crippen LogP contribution in [0.3, 0.4) is 0 Å². The monoisotopic (exact) mass is 267 g/mol. The van der Waals surface area contributed by atoms with Gasteiger partial charge in [-0.1, -0.05) is 12.1 Å². The maximum absolute atomic E-state index is 13.6. The van der Waals surface area contributed by atoms with E-state index in [-0.39, 0.29) is 5.56 Å². The van der Waals surface area contributed by atoms with Crippen LogP contribution in [0.5, 0.6) is 5.75 Å². The predicted molar refractivity (Wildman–Crippen MR) is 65.3 cm³/mol. The number of nitrogens with two attached hydrogens (primary N) is 1. The van der Waals surface area contributed by atoms with Crippen molar-refractivity contribution in [2.75, 3.05) is 7.11 Å². The zero-order valence-corrected chi connectivity index (χ0v) is 10.2. The van der Waals surface area contributed by atoms with Gasteiger partial charge in [-0.05, 0) is 17.7 Å². The number of benzene rings is 2. The number of hydrogen-bond donors (Lipinski definition) is 1. The van der Waals surface area contributed by atoms with Gasteiger partial charge in [0, 0.05) is 17.7 Å². The molecule has 5 heteroatoms. The minimum absolute atomic E-state index is 0.366. The number of methoxy groups -OCH3 is 1. The lowest BCUT2D eigenvalue weighted by Crippen LogP contribution is -2.16. The first kappa shape index (κ1) is 13.4. The Morgan fingerprint density at radius 2 is 1.68 bits per heavy atom. The molecule has 0 fully saturated rings. The van der Waals surface area contributed by atoms with Gasteiger partial charge in [0.1, 0.15) is 23.2 Å². The lowest BCUT2D eigenvalue weighted by molar-refractivity contribution is 0.414. The molecule has 0 saturated carbocycles. The highest BCUT2D eigenvalue weighted by molar-refractivity contribution is 5.37. The van der Waals surface area contributed by atoms with Crippen LogP contribution in [0.1, 0.15) is 17.2 Å². The zero-order valence-electron chi connectivity index (χ0n) is 10.2. The van der Waals surface area contributed by atoms with Crippen LogP contribution in [0.4, 0.5) is 13.2 Å². The maximum Gasteiger partial charge on any atom is 0.134 e. The van der Waals surface area contributed by atoms with E-state index in [0.717, 1.165) is 0 Å². The van der Waals surface area contributed by atoms with Crippen molar-refractivity contribution in [3.8, 4) is 5.75 Å². The van der Waals surface area contributed by atoms with Crippen LogP contribution < -0.4 is 10.5 Å². The molecule has 2 N–H and O–H groups in total. The number of ether oxygens (including phenoxy) is 1. The van der Waals surface area contributed by atoms with E-state index in [1.807, 2.05) is 0 Å². The van der Waals surface area contributed by atoms with Crippen LogP contribution >= 0.6 is 0 Å². The third-order valence-electron chi connectivity index (χ3n) is 2.81. The van der Waals surface area contributed by atoms with Gasteiger partial charge in [0.05, 0.1) is 13.2 Å². The fourth-order valence-corrected chi connectivity index (χ4v) is 1.85. The molecule has 19 heavy (non-hydrogen) atoms. The molecular formula is C14H12F3NO. The highest BCUT2D eigenvalue weighted by atomic mass is 19.1. The molecule has 0 bridgehead atoms. The van der Waals surface area contributed by atoms with Crippen LogP contribution in [0, 0.1) is 17.5 Å². The largest absolute Gasteiger partial charge is 0.497 e. The number of hydrogen-bond acceptors (Lipinski definition) is 2. The summed E-state index contributed by atoms with van der Waals surface area (Å²) in [5, 5.41) is 0. The highest BCUT2D eigenvalue weighted by Gasteiger charge is 2.20. The first-order valence-electron chi connectivity index (χ1n) is 5.57. The van der Waals surface area contributed by atoms with Crippen molar-refractivity contribution in [3.05, 3.63) is 65.0 Å². The molecule has 100 valence electrons. The molecule has 0 aliphatic carbocycles. The van der Waals surface area contributed by atoms with Crippen molar-refractivity contribution in [3.63, 3.8) is 0 Å². The Morgan fingerprint density at radius 1 is 1.05 bits per heavy atom. The van der Waals surface area contributed by atoms with Crippen LogP contribution in [0.15, 0.2) is 36.4 Å². The normalized spacial score (nSPS) is 12.3. The van der Waals surface area contributed by atoms with Crippen molar-refractivity contribution in [1.29, 1.82) is 0 Å². The molecule has 2 nitrogen and oxygen atoms in total. The molecule has 0 saturated heterocycles. The van der Waals surface area contributed by atoms with E-state index in [0.29, 0.717) is 23.4 Å².